The van der Waals surface area contributed by atoms with Crippen molar-refractivity contribution in [2.24, 2.45) is 5.73 Å². The molecule has 2 N–H and O–H groups in total. The molecule has 2 heteroatoms. The van der Waals surface area contributed by atoms with Crippen LogP contribution < -0.4 is 5.73 Å². The van der Waals surface area contributed by atoms with E-state index in [9.17, 15) is 0 Å². The van der Waals surface area contributed by atoms with E-state index in [4.69, 9.17) is 5.73 Å². The third-order valence-electron chi connectivity index (χ3n) is 1.58. The van der Waals surface area contributed by atoms with Gasteiger partial charge in [-0.25, -0.2) is 0 Å². The summed E-state index contributed by atoms with van der Waals surface area (Å²) in [6.07, 6.45) is 1.84. The maximum absolute atomic E-state index is 5.46. The van der Waals surface area contributed by atoms with E-state index in [2.05, 4.69) is 11.9 Å². The number of nitrogens with zero attached hydrogens (tertiary/aromatic N) is 1. The first kappa shape index (κ1) is 11.1. The summed E-state index contributed by atoms with van der Waals surface area (Å²) in [5, 5.41) is 0. The molecular formula is C10H18N2. The van der Waals surface area contributed by atoms with Gasteiger partial charge in [-0.1, -0.05) is 13.8 Å². The highest BCUT2D eigenvalue weighted by atomic mass is 14.7. The van der Waals surface area contributed by atoms with Crippen LogP contribution in [-0.4, -0.2) is 4.98 Å². The third-order valence-corrected chi connectivity index (χ3v) is 1.58. The zero-order valence-corrected chi connectivity index (χ0v) is 8.39. The molecule has 0 aromatic carbocycles. The molecule has 0 saturated carbocycles. The van der Waals surface area contributed by atoms with Crippen LogP contribution in [0.1, 0.15) is 30.7 Å². The predicted octanol–water partition coefficient (Wildman–Crippen LogP) is 2.18. The lowest BCUT2D eigenvalue weighted by atomic mass is 10.1. The highest BCUT2D eigenvalue weighted by Gasteiger charge is 1.94. The quantitative estimate of drug-likeness (QED) is 0.694. The van der Waals surface area contributed by atoms with Crippen molar-refractivity contribution < 1.29 is 0 Å². The number of aryl methyl sites for hydroxylation is 2. The van der Waals surface area contributed by atoms with Crippen molar-refractivity contribution in [1.82, 2.24) is 4.98 Å². The first-order valence-electron chi connectivity index (χ1n) is 4.36. The summed E-state index contributed by atoms with van der Waals surface area (Å²) in [4.78, 5) is 4.13. The van der Waals surface area contributed by atoms with Crippen molar-refractivity contribution in [1.29, 1.82) is 0 Å². The van der Waals surface area contributed by atoms with Crippen molar-refractivity contribution in [3.8, 4) is 0 Å². The van der Waals surface area contributed by atoms with Gasteiger partial charge in [0.2, 0.25) is 0 Å². The van der Waals surface area contributed by atoms with E-state index in [0.717, 1.165) is 11.3 Å². The maximum atomic E-state index is 5.46. The van der Waals surface area contributed by atoms with Crippen molar-refractivity contribution in [3.05, 3.63) is 29.1 Å². The van der Waals surface area contributed by atoms with Crippen molar-refractivity contribution in [2.75, 3.05) is 0 Å². The summed E-state index contributed by atoms with van der Waals surface area (Å²) < 4.78 is 0. The zero-order valence-electron chi connectivity index (χ0n) is 8.39. The van der Waals surface area contributed by atoms with Crippen molar-refractivity contribution in [2.45, 2.75) is 34.2 Å². The average molecular weight is 166 g/mol. The maximum Gasteiger partial charge on any atom is 0.0375 e. The highest BCUT2D eigenvalue weighted by Crippen LogP contribution is 2.05. The lowest BCUT2D eigenvalue weighted by molar-refractivity contribution is 1.01. The fraction of sp³-hybridized carbons (Fsp3) is 0.500. The van der Waals surface area contributed by atoms with Gasteiger partial charge in [-0.3, -0.25) is 4.98 Å². The van der Waals surface area contributed by atoms with Crippen LogP contribution in [0.4, 0.5) is 0 Å². The fourth-order valence-electron chi connectivity index (χ4n) is 0.939. The Labute approximate surface area is 74.8 Å². The minimum atomic E-state index is 0.582. The number of nitrogens with two attached hydrogens (primary N) is 1. The summed E-state index contributed by atoms with van der Waals surface area (Å²) in [5.41, 5.74) is 8.87. The Balaban J connectivity index is 0.000000561. The van der Waals surface area contributed by atoms with E-state index in [-0.39, 0.29) is 0 Å². The highest BCUT2D eigenvalue weighted by molar-refractivity contribution is 5.24. The number of aromatic nitrogens is 1. The monoisotopic (exact) mass is 166 g/mol. The van der Waals surface area contributed by atoms with Gasteiger partial charge in [0.15, 0.2) is 0 Å². The van der Waals surface area contributed by atoms with E-state index in [1.54, 1.807) is 0 Å². The molecule has 1 aromatic rings. The summed E-state index contributed by atoms with van der Waals surface area (Å²) in [5.74, 6) is 0. The number of hydrogen-bond donors (Lipinski definition) is 1. The Morgan fingerprint density at radius 2 is 1.92 bits per heavy atom. The van der Waals surface area contributed by atoms with Crippen LogP contribution in [0.25, 0.3) is 0 Å². The predicted molar refractivity (Wildman–Crippen MR) is 53.0 cm³/mol. The second-order valence-corrected chi connectivity index (χ2v) is 2.46. The van der Waals surface area contributed by atoms with Crippen LogP contribution in [0.5, 0.6) is 0 Å². The average Bonchev–Trinajstić information content (AvgIpc) is 2.08. The molecular weight excluding hydrogens is 148 g/mol. The van der Waals surface area contributed by atoms with Gasteiger partial charge >= 0.3 is 0 Å². The van der Waals surface area contributed by atoms with Gasteiger partial charge in [0, 0.05) is 18.4 Å². The van der Waals surface area contributed by atoms with Gasteiger partial charge in [-0.2, -0.15) is 0 Å². The molecule has 0 radical (unpaired) electrons. The van der Waals surface area contributed by atoms with E-state index in [0.29, 0.717) is 6.54 Å². The molecule has 0 spiro atoms. The van der Waals surface area contributed by atoms with E-state index in [1.807, 2.05) is 33.0 Å². The summed E-state index contributed by atoms with van der Waals surface area (Å²) in [7, 11) is 0. The Kier molecular flexibility index (Phi) is 5.30. The first-order chi connectivity index (χ1) is 5.74. The van der Waals surface area contributed by atoms with Crippen molar-refractivity contribution >= 4 is 0 Å². The van der Waals surface area contributed by atoms with Crippen LogP contribution in [0, 0.1) is 13.8 Å². The summed E-state index contributed by atoms with van der Waals surface area (Å²) in [6, 6.07) is 2.04. The second-order valence-electron chi connectivity index (χ2n) is 2.46. The molecule has 0 atom stereocenters. The van der Waals surface area contributed by atoms with Gasteiger partial charge < -0.3 is 5.73 Å². The SMILES string of the molecule is CC.Cc1cc(C)c(CN)cn1. The summed E-state index contributed by atoms with van der Waals surface area (Å²) in [6.45, 7) is 8.61. The first-order valence-corrected chi connectivity index (χ1v) is 4.36. The molecule has 2 nitrogen and oxygen atoms in total. The molecule has 0 aliphatic heterocycles. The molecule has 0 unspecified atom stereocenters. The third kappa shape index (κ3) is 3.01. The van der Waals surface area contributed by atoms with Crippen LogP contribution in [0.3, 0.4) is 0 Å². The van der Waals surface area contributed by atoms with E-state index in [1.165, 1.54) is 5.56 Å². The van der Waals surface area contributed by atoms with Crippen LogP contribution >= 0.6 is 0 Å². The second kappa shape index (κ2) is 5.72. The largest absolute Gasteiger partial charge is 0.326 e. The standard InChI is InChI=1S/C8H12N2.C2H6/c1-6-3-7(2)10-5-8(6)4-9;1-2/h3,5H,4,9H2,1-2H3;1-2H3. The molecule has 1 aromatic heterocycles. The molecule has 0 aliphatic rings. The Hall–Kier alpha value is -0.890. The van der Waals surface area contributed by atoms with Gasteiger partial charge in [0.25, 0.3) is 0 Å². The topological polar surface area (TPSA) is 38.9 Å². The molecule has 0 saturated heterocycles. The molecule has 1 heterocycles. The number of hydrogen-bond acceptors (Lipinski definition) is 2. The minimum Gasteiger partial charge on any atom is -0.326 e. The molecule has 12 heavy (non-hydrogen) atoms. The Morgan fingerprint density at radius 3 is 2.33 bits per heavy atom. The minimum absolute atomic E-state index is 0.582. The Bertz CT molecular complexity index is 231. The molecule has 1 rings (SSSR count). The number of pyridine rings is 1. The smallest absolute Gasteiger partial charge is 0.0375 e. The lowest BCUT2D eigenvalue weighted by Gasteiger charge is -2.01. The van der Waals surface area contributed by atoms with Crippen LogP contribution in [0.15, 0.2) is 12.3 Å². The van der Waals surface area contributed by atoms with E-state index < -0.39 is 0 Å². The van der Waals surface area contributed by atoms with Crippen LogP contribution in [-0.2, 0) is 6.54 Å². The van der Waals surface area contributed by atoms with Gasteiger partial charge in [-0.15, -0.1) is 0 Å². The molecule has 0 bridgehead atoms. The Morgan fingerprint density at radius 1 is 1.33 bits per heavy atom. The van der Waals surface area contributed by atoms with E-state index >= 15 is 0 Å². The van der Waals surface area contributed by atoms with Gasteiger partial charge in [0.05, 0.1) is 0 Å². The summed E-state index contributed by atoms with van der Waals surface area (Å²) >= 11 is 0. The lowest BCUT2D eigenvalue weighted by Crippen LogP contribution is -2.00. The van der Waals surface area contributed by atoms with Gasteiger partial charge in [0.1, 0.15) is 0 Å². The normalized spacial score (nSPS) is 8.75. The fourth-order valence-corrected chi connectivity index (χ4v) is 0.939. The van der Waals surface area contributed by atoms with Crippen molar-refractivity contribution in [3.63, 3.8) is 0 Å². The molecule has 0 aliphatic carbocycles. The van der Waals surface area contributed by atoms with Crippen LogP contribution in [0.2, 0.25) is 0 Å². The zero-order chi connectivity index (χ0) is 9.56. The molecule has 0 fully saturated rings. The van der Waals surface area contributed by atoms with Gasteiger partial charge in [-0.05, 0) is 31.0 Å². The molecule has 0 amide bonds. The number of rotatable bonds is 1. The molecule has 68 valence electrons.